The number of benzene rings is 1. The highest BCUT2D eigenvalue weighted by Crippen LogP contribution is 2.37. The summed E-state index contributed by atoms with van der Waals surface area (Å²) in [5.41, 5.74) is -1.20. The summed E-state index contributed by atoms with van der Waals surface area (Å²) in [5.74, 6) is 0.386. The maximum atomic E-state index is 13.3. The Hall–Kier alpha value is -0.830. The predicted molar refractivity (Wildman–Crippen MR) is 103 cm³/mol. The summed E-state index contributed by atoms with van der Waals surface area (Å²) in [5, 5.41) is -0.137. The Morgan fingerprint density at radius 2 is 1.61 bits per heavy atom. The molecule has 2 saturated heterocycles. The molecule has 2 aliphatic rings. The quantitative estimate of drug-likeness (QED) is 0.687. The standard InChI is InChI=1S/C19H26ClF3N2O2S/c20-16-5-6-18(17(13-16)19(21,22)23)28(26,27)25-11-7-15(8-12-25)14-24-9-3-1-2-4-10-24/h5-6,13,15H,1-4,7-12,14H2. The van der Waals surface area contributed by atoms with E-state index in [0.29, 0.717) is 24.8 Å². The number of hydrogen-bond donors (Lipinski definition) is 0. The monoisotopic (exact) mass is 438 g/mol. The molecule has 0 atom stereocenters. The molecule has 2 fully saturated rings. The zero-order valence-corrected chi connectivity index (χ0v) is 17.3. The lowest BCUT2D eigenvalue weighted by atomic mass is 9.97. The van der Waals surface area contributed by atoms with E-state index in [2.05, 4.69) is 4.90 Å². The third-order valence-electron chi connectivity index (χ3n) is 5.65. The Morgan fingerprint density at radius 3 is 2.18 bits per heavy atom. The van der Waals surface area contributed by atoms with Crippen LogP contribution in [0, 0.1) is 5.92 Å². The van der Waals surface area contributed by atoms with Crippen LogP contribution in [0.15, 0.2) is 23.1 Å². The largest absolute Gasteiger partial charge is 0.417 e. The summed E-state index contributed by atoms with van der Waals surface area (Å²) in [6, 6.07) is 2.83. The van der Waals surface area contributed by atoms with Crippen molar-refractivity contribution in [3.8, 4) is 0 Å². The van der Waals surface area contributed by atoms with E-state index in [1.165, 1.54) is 36.1 Å². The van der Waals surface area contributed by atoms with Gasteiger partial charge in [0.25, 0.3) is 0 Å². The first-order chi connectivity index (χ1) is 13.2. The lowest BCUT2D eigenvalue weighted by Crippen LogP contribution is -2.42. The first-order valence-electron chi connectivity index (χ1n) is 9.77. The Balaban J connectivity index is 1.68. The summed E-state index contributed by atoms with van der Waals surface area (Å²) < 4.78 is 66.9. The summed E-state index contributed by atoms with van der Waals surface area (Å²) >= 11 is 5.67. The molecule has 28 heavy (non-hydrogen) atoms. The van der Waals surface area contributed by atoms with Gasteiger partial charge in [0, 0.05) is 24.7 Å². The van der Waals surface area contributed by atoms with Crippen molar-refractivity contribution in [3.63, 3.8) is 0 Å². The fourth-order valence-corrected chi connectivity index (χ4v) is 5.94. The van der Waals surface area contributed by atoms with Gasteiger partial charge in [-0.3, -0.25) is 0 Å². The molecule has 2 aliphatic heterocycles. The second-order valence-corrected chi connectivity index (χ2v) is 10.0. The van der Waals surface area contributed by atoms with Crippen LogP contribution in [-0.2, 0) is 16.2 Å². The molecule has 0 amide bonds. The highest BCUT2D eigenvalue weighted by Gasteiger charge is 2.40. The van der Waals surface area contributed by atoms with Gasteiger partial charge in [0.15, 0.2) is 0 Å². The molecule has 9 heteroatoms. The smallest absolute Gasteiger partial charge is 0.303 e. The maximum Gasteiger partial charge on any atom is 0.417 e. The molecule has 0 radical (unpaired) electrons. The Labute approximate surface area is 169 Å². The van der Waals surface area contributed by atoms with Gasteiger partial charge in [0.1, 0.15) is 0 Å². The van der Waals surface area contributed by atoms with Crippen LogP contribution in [-0.4, -0.2) is 50.3 Å². The number of halogens is 4. The molecule has 0 aliphatic carbocycles. The SMILES string of the molecule is O=S(=O)(c1ccc(Cl)cc1C(F)(F)F)N1CCC(CN2CCCCCC2)CC1. The summed E-state index contributed by atoms with van der Waals surface area (Å²) in [6.45, 7) is 3.61. The average molecular weight is 439 g/mol. The second-order valence-electron chi connectivity index (χ2n) is 7.70. The van der Waals surface area contributed by atoms with Gasteiger partial charge in [-0.2, -0.15) is 17.5 Å². The molecule has 0 N–H and O–H groups in total. The van der Waals surface area contributed by atoms with Gasteiger partial charge in [-0.1, -0.05) is 24.4 Å². The molecule has 1 aromatic carbocycles. The van der Waals surface area contributed by atoms with Crippen molar-refractivity contribution >= 4 is 21.6 Å². The molecular formula is C19H26ClF3N2O2S. The van der Waals surface area contributed by atoms with Crippen LogP contribution in [0.2, 0.25) is 5.02 Å². The van der Waals surface area contributed by atoms with Crippen molar-refractivity contribution in [2.45, 2.75) is 49.6 Å². The van der Waals surface area contributed by atoms with E-state index < -0.39 is 26.7 Å². The molecule has 3 rings (SSSR count). The lowest BCUT2D eigenvalue weighted by Gasteiger charge is -2.34. The molecule has 158 valence electrons. The van der Waals surface area contributed by atoms with Crippen molar-refractivity contribution in [1.29, 1.82) is 0 Å². The molecule has 0 spiro atoms. The van der Waals surface area contributed by atoms with Crippen LogP contribution in [0.4, 0.5) is 13.2 Å². The number of rotatable bonds is 4. The number of nitrogens with zero attached hydrogens (tertiary/aromatic N) is 2. The van der Waals surface area contributed by atoms with Crippen molar-refractivity contribution in [3.05, 3.63) is 28.8 Å². The van der Waals surface area contributed by atoms with E-state index in [1.54, 1.807) is 0 Å². The molecule has 4 nitrogen and oxygen atoms in total. The van der Waals surface area contributed by atoms with E-state index in [4.69, 9.17) is 11.6 Å². The van der Waals surface area contributed by atoms with Crippen molar-refractivity contribution < 1.29 is 21.6 Å². The molecule has 1 aromatic rings. The highest BCUT2D eigenvalue weighted by atomic mass is 35.5. The van der Waals surface area contributed by atoms with Gasteiger partial charge in [0.05, 0.1) is 10.5 Å². The molecule has 2 heterocycles. The van der Waals surface area contributed by atoms with Gasteiger partial charge in [-0.05, 0) is 62.9 Å². The molecule has 0 unspecified atom stereocenters. The van der Waals surface area contributed by atoms with Gasteiger partial charge in [-0.15, -0.1) is 0 Å². The van der Waals surface area contributed by atoms with Gasteiger partial charge in [-0.25, -0.2) is 8.42 Å². The molecule has 0 aromatic heterocycles. The fraction of sp³-hybridized carbons (Fsp3) is 0.684. The number of sulfonamides is 1. The number of alkyl halides is 3. The minimum atomic E-state index is -4.78. The van der Waals surface area contributed by atoms with Crippen molar-refractivity contribution in [2.24, 2.45) is 5.92 Å². The van der Waals surface area contributed by atoms with E-state index >= 15 is 0 Å². The molecule has 0 saturated carbocycles. The Kier molecular flexibility index (Phi) is 6.95. The first kappa shape index (κ1) is 21.9. The third kappa shape index (κ3) is 5.20. The van der Waals surface area contributed by atoms with Crippen LogP contribution in [0.5, 0.6) is 0 Å². The van der Waals surface area contributed by atoms with E-state index in [1.807, 2.05) is 0 Å². The van der Waals surface area contributed by atoms with Gasteiger partial charge in [0.2, 0.25) is 10.0 Å². The van der Waals surface area contributed by atoms with Crippen LogP contribution in [0.1, 0.15) is 44.1 Å². The second kappa shape index (κ2) is 8.90. The van der Waals surface area contributed by atoms with Crippen molar-refractivity contribution in [2.75, 3.05) is 32.7 Å². The number of hydrogen-bond acceptors (Lipinski definition) is 3. The minimum absolute atomic E-state index is 0.137. The fourth-order valence-electron chi connectivity index (χ4n) is 4.10. The van der Waals surface area contributed by atoms with Crippen molar-refractivity contribution in [1.82, 2.24) is 9.21 Å². The zero-order chi connectivity index (χ0) is 20.4. The van der Waals surface area contributed by atoms with Gasteiger partial charge >= 0.3 is 6.18 Å². The lowest BCUT2D eigenvalue weighted by molar-refractivity contribution is -0.139. The first-order valence-corrected chi connectivity index (χ1v) is 11.6. The van der Waals surface area contributed by atoms with E-state index in [9.17, 15) is 21.6 Å². The Morgan fingerprint density at radius 1 is 1.00 bits per heavy atom. The number of likely N-dealkylation sites (tertiary alicyclic amines) is 1. The van der Waals surface area contributed by atoms with Crippen LogP contribution < -0.4 is 0 Å². The zero-order valence-electron chi connectivity index (χ0n) is 15.7. The van der Waals surface area contributed by atoms with Crippen LogP contribution >= 0.6 is 11.6 Å². The predicted octanol–water partition coefficient (Wildman–Crippen LogP) is 4.64. The highest BCUT2D eigenvalue weighted by molar-refractivity contribution is 7.89. The third-order valence-corrected chi connectivity index (χ3v) is 7.85. The topological polar surface area (TPSA) is 40.6 Å². The average Bonchev–Trinajstić information content (AvgIpc) is 2.90. The molecule has 0 bridgehead atoms. The summed E-state index contributed by atoms with van der Waals surface area (Å²) in [7, 11) is -4.21. The summed E-state index contributed by atoms with van der Waals surface area (Å²) in [6.07, 6.45) is 1.48. The Bertz CT molecular complexity index is 770. The maximum absolute atomic E-state index is 13.3. The van der Waals surface area contributed by atoms with Crippen LogP contribution in [0.25, 0.3) is 0 Å². The van der Waals surface area contributed by atoms with E-state index in [-0.39, 0.29) is 18.1 Å². The summed E-state index contributed by atoms with van der Waals surface area (Å²) in [4.78, 5) is 1.73. The molecular weight excluding hydrogens is 413 g/mol. The normalized spacial score (nSPS) is 21.6. The number of piperidine rings is 1. The van der Waals surface area contributed by atoms with E-state index in [0.717, 1.165) is 25.7 Å². The minimum Gasteiger partial charge on any atom is -0.303 e. The van der Waals surface area contributed by atoms with Crippen LogP contribution in [0.3, 0.4) is 0 Å². The van der Waals surface area contributed by atoms with Gasteiger partial charge < -0.3 is 4.90 Å².